The van der Waals surface area contributed by atoms with Crippen molar-refractivity contribution in [2.75, 3.05) is 17.2 Å². The van der Waals surface area contributed by atoms with Crippen LogP contribution in [0.1, 0.15) is 22.3 Å². The molecule has 6 nitrogen and oxygen atoms in total. The third kappa shape index (κ3) is 6.25. The van der Waals surface area contributed by atoms with Crippen molar-refractivity contribution in [2.45, 2.75) is 20.8 Å². The second kappa shape index (κ2) is 11.2. The molecule has 0 bridgehead atoms. The van der Waals surface area contributed by atoms with Crippen LogP contribution in [-0.2, 0) is 9.59 Å². The standard InChI is InChI=1S/C27H24ClN3O3/c1-17-8-6-10-24(19(17)3)31-27(33)21(15-29)13-20-11-12-25(22(28)14-20)34-16-26(32)30-23-9-5-4-7-18(23)2/h4-14H,16H2,1-3H3,(H,30,32)(H,31,33)/b21-13-. The summed E-state index contributed by atoms with van der Waals surface area (Å²) in [4.78, 5) is 24.8. The van der Waals surface area contributed by atoms with Crippen LogP contribution in [0.3, 0.4) is 0 Å². The average molecular weight is 474 g/mol. The Labute approximate surface area is 203 Å². The zero-order valence-electron chi connectivity index (χ0n) is 19.1. The average Bonchev–Trinajstić information content (AvgIpc) is 2.81. The van der Waals surface area contributed by atoms with E-state index >= 15 is 0 Å². The van der Waals surface area contributed by atoms with Crippen molar-refractivity contribution in [1.82, 2.24) is 0 Å². The number of carbonyl (C=O) groups is 2. The predicted octanol–water partition coefficient (Wildman–Crippen LogP) is 5.83. The summed E-state index contributed by atoms with van der Waals surface area (Å²) >= 11 is 6.30. The van der Waals surface area contributed by atoms with Gasteiger partial charge in [0.2, 0.25) is 0 Å². The molecule has 172 valence electrons. The molecule has 0 heterocycles. The van der Waals surface area contributed by atoms with Gasteiger partial charge < -0.3 is 15.4 Å². The Morgan fingerprint density at radius 3 is 2.38 bits per heavy atom. The molecule has 2 amide bonds. The molecular weight excluding hydrogens is 450 g/mol. The maximum Gasteiger partial charge on any atom is 0.266 e. The fourth-order valence-corrected chi connectivity index (χ4v) is 3.40. The lowest BCUT2D eigenvalue weighted by Gasteiger charge is -2.11. The Kier molecular flexibility index (Phi) is 8.07. The van der Waals surface area contributed by atoms with Crippen molar-refractivity contribution in [1.29, 1.82) is 5.26 Å². The summed E-state index contributed by atoms with van der Waals surface area (Å²) in [6.45, 7) is 5.53. The molecule has 0 unspecified atom stereocenters. The van der Waals surface area contributed by atoms with Gasteiger partial charge in [-0.05, 0) is 73.4 Å². The predicted molar refractivity (Wildman–Crippen MR) is 135 cm³/mol. The van der Waals surface area contributed by atoms with Gasteiger partial charge >= 0.3 is 0 Å². The summed E-state index contributed by atoms with van der Waals surface area (Å²) in [5.41, 5.74) is 4.76. The number of ether oxygens (including phenoxy) is 1. The highest BCUT2D eigenvalue weighted by atomic mass is 35.5. The highest BCUT2D eigenvalue weighted by molar-refractivity contribution is 6.32. The van der Waals surface area contributed by atoms with Crippen LogP contribution < -0.4 is 15.4 Å². The topological polar surface area (TPSA) is 91.2 Å². The lowest BCUT2D eigenvalue weighted by atomic mass is 10.1. The number of benzene rings is 3. The summed E-state index contributed by atoms with van der Waals surface area (Å²) in [6.07, 6.45) is 1.45. The number of nitrogens with one attached hydrogen (secondary N) is 2. The maximum atomic E-state index is 12.6. The van der Waals surface area contributed by atoms with Crippen LogP contribution in [-0.4, -0.2) is 18.4 Å². The normalized spacial score (nSPS) is 10.9. The zero-order chi connectivity index (χ0) is 24.7. The van der Waals surface area contributed by atoms with Gasteiger partial charge in [-0.15, -0.1) is 0 Å². The van der Waals surface area contributed by atoms with Crippen molar-refractivity contribution < 1.29 is 14.3 Å². The fourth-order valence-electron chi connectivity index (χ4n) is 3.16. The van der Waals surface area contributed by atoms with Crippen LogP contribution in [0.2, 0.25) is 5.02 Å². The monoisotopic (exact) mass is 473 g/mol. The van der Waals surface area contributed by atoms with Crippen LogP contribution in [0.25, 0.3) is 6.08 Å². The molecule has 0 aromatic heterocycles. The van der Waals surface area contributed by atoms with Crippen LogP contribution in [0.5, 0.6) is 5.75 Å². The van der Waals surface area contributed by atoms with Gasteiger partial charge in [0.15, 0.2) is 6.61 Å². The van der Waals surface area contributed by atoms with Crippen LogP contribution in [0.4, 0.5) is 11.4 Å². The number of halogens is 1. The first-order chi connectivity index (χ1) is 16.3. The summed E-state index contributed by atoms with van der Waals surface area (Å²) < 4.78 is 5.54. The SMILES string of the molecule is Cc1ccccc1NC(=O)COc1ccc(/C=C(/C#N)C(=O)Nc2cccc(C)c2C)cc1Cl. The summed E-state index contributed by atoms with van der Waals surface area (Å²) in [6, 6.07) is 19.8. The van der Waals surface area contributed by atoms with Gasteiger partial charge in [0.05, 0.1) is 5.02 Å². The number of anilines is 2. The molecule has 0 aliphatic carbocycles. The number of nitrogens with zero attached hydrogens (tertiary/aromatic N) is 1. The molecule has 3 rings (SSSR count). The highest BCUT2D eigenvalue weighted by Crippen LogP contribution is 2.27. The van der Waals surface area contributed by atoms with E-state index in [0.29, 0.717) is 22.7 Å². The minimum Gasteiger partial charge on any atom is -0.482 e. The number of rotatable bonds is 7. The molecule has 0 atom stereocenters. The lowest BCUT2D eigenvalue weighted by Crippen LogP contribution is -2.20. The van der Waals surface area contributed by atoms with Gasteiger partial charge in [0.25, 0.3) is 11.8 Å². The molecule has 3 aromatic carbocycles. The Bertz CT molecular complexity index is 1310. The minimum absolute atomic E-state index is 0.0664. The van der Waals surface area contributed by atoms with Gasteiger partial charge in [-0.1, -0.05) is 48.0 Å². The molecule has 0 spiro atoms. The molecule has 0 saturated heterocycles. The molecule has 0 aliphatic heterocycles. The molecular formula is C27H24ClN3O3. The number of carbonyl (C=O) groups excluding carboxylic acids is 2. The first-order valence-electron chi connectivity index (χ1n) is 10.6. The third-order valence-corrected chi connectivity index (χ3v) is 5.56. The van der Waals surface area contributed by atoms with E-state index in [1.165, 1.54) is 6.08 Å². The van der Waals surface area contributed by atoms with Gasteiger partial charge in [0.1, 0.15) is 17.4 Å². The van der Waals surface area contributed by atoms with Crippen molar-refractivity contribution in [3.63, 3.8) is 0 Å². The summed E-state index contributed by atoms with van der Waals surface area (Å²) in [5, 5.41) is 15.3. The molecule has 0 fully saturated rings. The number of hydrogen-bond donors (Lipinski definition) is 2. The Hall–Kier alpha value is -4.08. The van der Waals surface area contributed by atoms with E-state index in [9.17, 15) is 14.9 Å². The van der Waals surface area contributed by atoms with E-state index in [0.717, 1.165) is 16.7 Å². The number of aryl methyl sites for hydroxylation is 2. The summed E-state index contributed by atoms with van der Waals surface area (Å²) in [7, 11) is 0. The summed E-state index contributed by atoms with van der Waals surface area (Å²) in [5.74, 6) is -0.512. The fraction of sp³-hybridized carbons (Fsp3) is 0.148. The van der Waals surface area contributed by atoms with Crippen molar-refractivity contribution in [3.05, 3.63) is 93.5 Å². The number of hydrogen-bond acceptors (Lipinski definition) is 4. The molecule has 7 heteroatoms. The van der Waals surface area contributed by atoms with E-state index in [2.05, 4.69) is 10.6 Å². The zero-order valence-corrected chi connectivity index (χ0v) is 19.9. The highest BCUT2D eigenvalue weighted by Gasteiger charge is 2.13. The Morgan fingerprint density at radius 1 is 0.971 bits per heavy atom. The smallest absolute Gasteiger partial charge is 0.266 e. The third-order valence-electron chi connectivity index (χ3n) is 5.26. The second-order valence-electron chi connectivity index (χ2n) is 7.71. The molecule has 0 aliphatic rings. The van der Waals surface area contributed by atoms with Crippen molar-refractivity contribution in [3.8, 4) is 11.8 Å². The number of nitriles is 1. The van der Waals surface area contributed by atoms with Crippen LogP contribution in [0.15, 0.2) is 66.2 Å². The first-order valence-corrected chi connectivity index (χ1v) is 10.9. The van der Waals surface area contributed by atoms with Crippen LogP contribution in [0, 0.1) is 32.1 Å². The molecule has 2 N–H and O–H groups in total. The van der Waals surface area contributed by atoms with Gasteiger partial charge in [0, 0.05) is 11.4 Å². The van der Waals surface area contributed by atoms with E-state index in [4.69, 9.17) is 16.3 Å². The largest absolute Gasteiger partial charge is 0.482 e. The van der Waals surface area contributed by atoms with Gasteiger partial charge in [-0.25, -0.2) is 0 Å². The maximum absolute atomic E-state index is 12.6. The Morgan fingerprint density at radius 2 is 1.68 bits per heavy atom. The minimum atomic E-state index is -0.513. The van der Waals surface area contributed by atoms with E-state index < -0.39 is 5.91 Å². The molecule has 0 radical (unpaired) electrons. The van der Waals surface area contributed by atoms with E-state index in [-0.39, 0.29) is 23.1 Å². The number of para-hydroxylation sites is 1. The molecule has 3 aromatic rings. The van der Waals surface area contributed by atoms with Crippen molar-refractivity contribution >= 4 is 40.9 Å². The van der Waals surface area contributed by atoms with Gasteiger partial charge in [-0.3, -0.25) is 9.59 Å². The first kappa shape index (κ1) is 24.6. The second-order valence-corrected chi connectivity index (χ2v) is 8.12. The quantitative estimate of drug-likeness (QED) is 0.333. The molecule has 0 saturated carbocycles. The van der Waals surface area contributed by atoms with Crippen molar-refractivity contribution in [2.24, 2.45) is 0 Å². The van der Waals surface area contributed by atoms with E-state index in [1.54, 1.807) is 24.3 Å². The van der Waals surface area contributed by atoms with E-state index in [1.807, 2.05) is 63.2 Å². The lowest BCUT2D eigenvalue weighted by molar-refractivity contribution is -0.118. The molecule has 34 heavy (non-hydrogen) atoms. The Balaban J connectivity index is 1.66. The van der Waals surface area contributed by atoms with Crippen LogP contribution >= 0.6 is 11.6 Å². The number of amides is 2. The van der Waals surface area contributed by atoms with Gasteiger partial charge in [-0.2, -0.15) is 5.26 Å².